The Balaban J connectivity index is 1.49. The first-order valence-electron chi connectivity index (χ1n) is 9.07. The van der Waals surface area contributed by atoms with Gasteiger partial charge in [0.25, 0.3) is 0 Å². The molecule has 0 radical (unpaired) electrons. The van der Waals surface area contributed by atoms with E-state index in [-0.39, 0.29) is 6.04 Å². The van der Waals surface area contributed by atoms with E-state index in [0.717, 1.165) is 43.2 Å². The number of benzene rings is 1. The highest BCUT2D eigenvalue weighted by molar-refractivity contribution is 5.33. The molecule has 1 saturated heterocycles. The van der Waals surface area contributed by atoms with Crippen molar-refractivity contribution in [1.29, 1.82) is 0 Å². The van der Waals surface area contributed by atoms with Gasteiger partial charge in [0.1, 0.15) is 17.3 Å². The molecule has 4 rings (SSSR count). The molecule has 0 amide bonds. The molecule has 0 spiro atoms. The molecule has 7 nitrogen and oxygen atoms in total. The van der Waals surface area contributed by atoms with Gasteiger partial charge in [-0.15, -0.1) is 0 Å². The lowest BCUT2D eigenvalue weighted by Gasteiger charge is -2.23. The predicted octanol–water partition coefficient (Wildman–Crippen LogP) is 3.35. The number of aryl methyl sites for hydroxylation is 1. The zero-order chi connectivity index (χ0) is 18.6. The van der Waals surface area contributed by atoms with Gasteiger partial charge in [-0.1, -0.05) is 0 Å². The summed E-state index contributed by atoms with van der Waals surface area (Å²) in [6.45, 7) is 1.84. The Morgan fingerprint density at radius 3 is 2.70 bits per heavy atom. The van der Waals surface area contributed by atoms with Crippen molar-refractivity contribution in [3.8, 4) is 17.4 Å². The van der Waals surface area contributed by atoms with Crippen LogP contribution in [-0.4, -0.2) is 38.1 Å². The standard InChI is InChI=1S/C20H23N5O2/c1-24-11-9-22-19(24)14-25-10-3-4-18(25)17-12-21-13-20(23-17)27-16-7-5-15(26-2)6-8-16/h5-9,11-13,18H,3-4,10,14H2,1-2H3/t18-/m0/s1. The Hall–Kier alpha value is -2.93. The molecule has 1 fully saturated rings. The lowest BCUT2D eigenvalue weighted by molar-refractivity contribution is 0.234. The number of methoxy groups -OCH3 is 1. The molecule has 7 heteroatoms. The number of hydrogen-bond acceptors (Lipinski definition) is 6. The highest BCUT2D eigenvalue weighted by Crippen LogP contribution is 2.32. The molecule has 0 saturated carbocycles. The summed E-state index contributed by atoms with van der Waals surface area (Å²) < 4.78 is 13.1. The molecule has 2 aromatic heterocycles. The minimum atomic E-state index is 0.230. The van der Waals surface area contributed by atoms with Crippen molar-refractivity contribution in [3.63, 3.8) is 0 Å². The van der Waals surface area contributed by atoms with Crippen LogP contribution >= 0.6 is 0 Å². The van der Waals surface area contributed by atoms with E-state index in [4.69, 9.17) is 14.5 Å². The fourth-order valence-corrected chi connectivity index (χ4v) is 3.42. The van der Waals surface area contributed by atoms with E-state index in [1.54, 1.807) is 13.3 Å². The smallest absolute Gasteiger partial charge is 0.238 e. The van der Waals surface area contributed by atoms with E-state index in [9.17, 15) is 0 Å². The summed E-state index contributed by atoms with van der Waals surface area (Å²) in [6, 6.07) is 7.66. The van der Waals surface area contributed by atoms with Gasteiger partial charge in [-0.3, -0.25) is 9.88 Å². The maximum atomic E-state index is 5.87. The van der Waals surface area contributed by atoms with Crippen LogP contribution in [0.15, 0.2) is 49.1 Å². The third kappa shape index (κ3) is 3.93. The molecule has 3 aromatic rings. The van der Waals surface area contributed by atoms with E-state index >= 15 is 0 Å². The summed E-state index contributed by atoms with van der Waals surface area (Å²) in [5, 5.41) is 0. The molecule has 1 aliphatic rings. The monoisotopic (exact) mass is 365 g/mol. The number of hydrogen-bond donors (Lipinski definition) is 0. The van der Waals surface area contributed by atoms with E-state index in [1.807, 2.05) is 49.9 Å². The van der Waals surface area contributed by atoms with Crippen molar-refractivity contribution in [2.24, 2.45) is 7.05 Å². The van der Waals surface area contributed by atoms with Crippen LogP contribution in [0.3, 0.4) is 0 Å². The first-order valence-corrected chi connectivity index (χ1v) is 9.07. The third-order valence-corrected chi connectivity index (χ3v) is 4.88. The molecule has 0 N–H and O–H groups in total. The Kier molecular flexibility index (Phi) is 5.02. The first-order chi connectivity index (χ1) is 13.2. The Morgan fingerprint density at radius 2 is 1.96 bits per heavy atom. The number of likely N-dealkylation sites (tertiary alicyclic amines) is 1. The van der Waals surface area contributed by atoms with Crippen molar-refractivity contribution < 1.29 is 9.47 Å². The van der Waals surface area contributed by atoms with Gasteiger partial charge >= 0.3 is 0 Å². The number of aromatic nitrogens is 4. The van der Waals surface area contributed by atoms with Crippen molar-refractivity contribution >= 4 is 0 Å². The molecule has 140 valence electrons. The van der Waals surface area contributed by atoms with Crippen LogP contribution in [0.2, 0.25) is 0 Å². The fraction of sp³-hybridized carbons (Fsp3) is 0.350. The molecular weight excluding hydrogens is 342 g/mol. The summed E-state index contributed by atoms with van der Waals surface area (Å²) in [7, 11) is 3.67. The van der Waals surface area contributed by atoms with E-state index in [1.165, 1.54) is 0 Å². The van der Waals surface area contributed by atoms with Crippen molar-refractivity contribution in [2.45, 2.75) is 25.4 Å². The number of rotatable bonds is 6. The zero-order valence-corrected chi connectivity index (χ0v) is 15.6. The molecule has 0 aliphatic carbocycles. The summed E-state index contributed by atoms with van der Waals surface area (Å²) in [5.41, 5.74) is 0.938. The van der Waals surface area contributed by atoms with Gasteiger partial charge in [0.2, 0.25) is 5.88 Å². The van der Waals surface area contributed by atoms with Gasteiger partial charge in [-0.2, -0.15) is 0 Å². The quantitative estimate of drug-likeness (QED) is 0.667. The summed E-state index contributed by atoms with van der Waals surface area (Å²) in [5.74, 6) is 3.05. The molecular formula is C20H23N5O2. The average molecular weight is 365 g/mol. The van der Waals surface area contributed by atoms with Crippen LogP contribution < -0.4 is 9.47 Å². The second-order valence-electron chi connectivity index (χ2n) is 6.64. The van der Waals surface area contributed by atoms with Crippen LogP contribution in [0.4, 0.5) is 0 Å². The van der Waals surface area contributed by atoms with Gasteiger partial charge in [-0.05, 0) is 43.7 Å². The van der Waals surface area contributed by atoms with Crippen LogP contribution in [0.25, 0.3) is 0 Å². The predicted molar refractivity (Wildman–Crippen MR) is 101 cm³/mol. The van der Waals surface area contributed by atoms with Gasteiger partial charge in [0.15, 0.2) is 0 Å². The van der Waals surface area contributed by atoms with Crippen LogP contribution in [0, 0.1) is 0 Å². The maximum absolute atomic E-state index is 5.87. The normalized spacial score (nSPS) is 17.2. The molecule has 27 heavy (non-hydrogen) atoms. The Labute approximate surface area is 158 Å². The minimum Gasteiger partial charge on any atom is -0.497 e. The fourth-order valence-electron chi connectivity index (χ4n) is 3.42. The summed E-state index contributed by atoms with van der Waals surface area (Å²) in [4.78, 5) is 15.9. The SMILES string of the molecule is COc1ccc(Oc2cncc([C@@H]3CCCN3Cc3nccn3C)n2)cc1. The topological polar surface area (TPSA) is 65.3 Å². The van der Waals surface area contributed by atoms with Crippen molar-refractivity contribution in [2.75, 3.05) is 13.7 Å². The first kappa shape index (κ1) is 17.5. The second-order valence-corrected chi connectivity index (χ2v) is 6.64. The number of imidazole rings is 1. The van der Waals surface area contributed by atoms with Gasteiger partial charge in [-0.25, -0.2) is 9.97 Å². The lowest BCUT2D eigenvalue weighted by atomic mass is 10.1. The van der Waals surface area contributed by atoms with Gasteiger partial charge < -0.3 is 14.0 Å². The number of ether oxygens (including phenoxy) is 2. The van der Waals surface area contributed by atoms with Gasteiger partial charge in [0, 0.05) is 19.4 Å². The summed E-state index contributed by atoms with van der Waals surface area (Å²) in [6.07, 6.45) is 9.49. The van der Waals surface area contributed by atoms with E-state index in [2.05, 4.69) is 19.4 Å². The number of nitrogens with zero attached hydrogens (tertiary/aromatic N) is 5. The third-order valence-electron chi connectivity index (χ3n) is 4.88. The van der Waals surface area contributed by atoms with Crippen LogP contribution in [-0.2, 0) is 13.6 Å². The molecule has 1 aliphatic heterocycles. The highest BCUT2D eigenvalue weighted by atomic mass is 16.5. The largest absolute Gasteiger partial charge is 0.497 e. The van der Waals surface area contributed by atoms with Crippen molar-refractivity contribution in [1.82, 2.24) is 24.4 Å². The lowest BCUT2D eigenvalue weighted by Crippen LogP contribution is -2.25. The maximum Gasteiger partial charge on any atom is 0.238 e. The molecule has 1 aromatic carbocycles. The van der Waals surface area contributed by atoms with Gasteiger partial charge in [0.05, 0.1) is 37.8 Å². The zero-order valence-electron chi connectivity index (χ0n) is 15.6. The molecule has 0 bridgehead atoms. The molecule has 0 unspecified atom stereocenters. The van der Waals surface area contributed by atoms with E-state index < -0.39 is 0 Å². The van der Waals surface area contributed by atoms with Crippen molar-refractivity contribution in [3.05, 3.63) is 60.6 Å². The molecule has 3 heterocycles. The average Bonchev–Trinajstić information content (AvgIpc) is 3.32. The van der Waals surface area contributed by atoms with Crippen LogP contribution in [0.1, 0.15) is 30.4 Å². The highest BCUT2D eigenvalue weighted by Gasteiger charge is 2.28. The molecule has 1 atom stereocenters. The van der Waals surface area contributed by atoms with E-state index in [0.29, 0.717) is 11.6 Å². The Morgan fingerprint density at radius 1 is 1.15 bits per heavy atom. The van der Waals surface area contributed by atoms with Crippen LogP contribution in [0.5, 0.6) is 17.4 Å². The Bertz CT molecular complexity index is 893. The minimum absolute atomic E-state index is 0.230. The summed E-state index contributed by atoms with van der Waals surface area (Å²) >= 11 is 0. The second kappa shape index (κ2) is 7.75.